The van der Waals surface area contributed by atoms with Crippen LogP contribution in [-0.2, 0) is 0 Å². The van der Waals surface area contributed by atoms with Gasteiger partial charge in [0, 0.05) is 48.2 Å². The zero-order valence-corrected chi connectivity index (χ0v) is 20.6. The number of likely N-dealkylation sites (tertiary alicyclic amines) is 1. The normalized spacial score (nSPS) is 18.7. The minimum atomic E-state index is 0.472. The maximum absolute atomic E-state index is 4.89. The van der Waals surface area contributed by atoms with Crippen LogP contribution in [0.3, 0.4) is 0 Å². The molecule has 1 aromatic carbocycles. The Morgan fingerprint density at radius 2 is 2.09 bits per heavy atom. The Labute approximate surface area is 209 Å². The number of aliphatic imine (C=N–C) groups is 2. The summed E-state index contributed by atoms with van der Waals surface area (Å²) < 4.78 is 0. The second-order valence-electron chi connectivity index (χ2n) is 9.42. The number of fused-ring (bicyclic) bond motifs is 1. The van der Waals surface area contributed by atoms with E-state index < -0.39 is 0 Å². The number of nitrogens with one attached hydrogen (secondary N) is 1. The topological polar surface area (TPSA) is 69.5 Å². The quantitative estimate of drug-likeness (QED) is 0.331. The van der Waals surface area contributed by atoms with Crippen molar-refractivity contribution in [1.29, 1.82) is 0 Å². The predicted octanol–water partition coefficient (Wildman–Crippen LogP) is 6.27. The van der Waals surface area contributed by atoms with Crippen LogP contribution in [0.2, 0.25) is 0 Å². The highest BCUT2D eigenvalue weighted by Crippen LogP contribution is 2.34. The number of aryl methyl sites for hydroxylation is 1. The molecule has 0 radical (unpaired) electrons. The molecule has 2 aliphatic rings. The molecule has 176 valence electrons. The third kappa shape index (κ3) is 4.61. The molecule has 1 N–H and O–H groups in total. The van der Waals surface area contributed by atoms with Gasteiger partial charge in [-0.1, -0.05) is 6.07 Å². The molecule has 4 aromatic rings. The number of H-pyrrole nitrogens is 1. The van der Waals surface area contributed by atoms with Gasteiger partial charge in [0.2, 0.25) is 0 Å². The lowest BCUT2D eigenvalue weighted by molar-refractivity contribution is 0.314. The summed E-state index contributed by atoms with van der Waals surface area (Å²) in [6.45, 7) is 5.59. The fourth-order valence-corrected chi connectivity index (χ4v) is 5.72. The van der Waals surface area contributed by atoms with Crippen LogP contribution in [0.1, 0.15) is 36.1 Å². The smallest absolute Gasteiger partial charge is 0.0928 e. The van der Waals surface area contributed by atoms with E-state index in [1.54, 1.807) is 11.3 Å². The van der Waals surface area contributed by atoms with Crippen LogP contribution >= 0.6 is 11.3 Å². The van der Waals surface area contributed by atoms with Crippen molar-refractivity contribution >= 4 is 45.9 Å². The second-order valence-corrected chi connectivity index (χ2v) is 10.2. The maximum atomic E-state index is 4.89. The first-order valence-electron chi connectivity index (χ1n) is 12.2. The molecule has 2 aliphatic heterocycles. The molecule has 0 bridgehead atoms. The molecule has 1 unspecified atom stereocenters. The van der Waals surface area contributed by atoms with Gasteiger partial charge in [0.15, 0.2) is 0 Å². The van der Waals surface area contributed by atoms with E-state index in [1.807, 2.05) is 31.7 Å². The minimum Gasteiger partial charge on any atom is -0.303 e. The maximum Gasteiger partial charge on any atom is 0.0928 e. The summed E-state index contributed by atoms with van der Waals surface area (Å²) in [7, 11) is 0. The molecular weight excluding hydrogens is 452 g/mol. The third-order valence-corrected chi connectivity index (χ3v) is 7.59. The van der Waals surface area contributed by atoms with Gasteiger partial charge in [0.1, 0.15) is 0 Å². The van der Waals surface area contributed by atoms with Crippen molar-refractivity contribution in [1.82, 2.24) is 20.1 Å². The summed E-state index contributed by atoms with van der Waals surface area (Å²) >= 11 is 1.68. The largest absolute Gasteiger partial charge is 0.303 e. The van der Waals surface area contributed by atoms with Crippen LogP contribution < -0.4 is 0 Å². The monoisotopic (exact) mass is 480 g/mol. The Kier molecular flexibility index (Phi) is 6.10. The number of hydrogen-bond donors (Lipinski definition) is 1. The molecule has 0 spiro atoms. The van der Waals surface area contributed by atoms with E-state index >= 15 is 0 Å². The van der Waals surface area contributed by atoms with Crippen LogP contribution in [0.5, 0.6) is 0 Å². The van der Waals surface area contributed by atoms with E-state index in [9.17, 15) is 0 Å². The Bertz CT molecular complexity index is 1420. The Hall–Kier alpha value is -3.42. The van der Waals surface area contributed by atoms with Crippen molar-refractivity contribution in [2.45, 2.75) is 26.2 Å². The highest BCUT2D eigenvalue weighted by molar-refractivity contribution is 7.08. The standard InChI is InChI=1S/C28H28N6S/c1-19-12-29-15-25(22-6-9-35-18-22)28(19)31-16-27-24-11-21(4-5-26(24)32-33-27)23-10-20(13-30-14-23)17-34-7-2-3-8-34/h4-6,9,11-16,18,20H,2-3,7-8,10,17H2,1H3,(H,32,33). The van der Waals surface area contributed by atoms with Gasteiger partial charge in [-0.3, -0.25) is 20.1 Å². The molecule has 7 heteroatoms. The van der Waals surface area contributed by atoms with Crippen molar-refractivity contribution in [2.75, 3.05) is 19.6 Å². The molecule has 0 amide bonds. The van der Waals surface area contributed by atoms with Crippen molar-refractivity contribution < 1.29 is 0 Å². The van der Waals surface area contributed by atoms with Crippen molar-refractivity contribution in [3.05, 3.63) is 70.4 Å². The van der Waals surface area contributed by atoms with Gasteiger partial charge in [-0.15, -0.1) is 0 Å². The van der Waals surface area contributed by atoms with Gasteiger partial charge >= 0.3 is 0 Å². The first kappa shape index (κ1) is 22.1. The average Bonchev–Trinajstić information content (AvgIpc) is 3.66. The molecule has 0 aliphatic carbocycles. The Morgan fingerprint density at radius 3 is 2.94 bits per heavy atom. The number of allylic oxidation sites excluding steroid dienone is 1. The molecule has 6 nitrogen and oxygen atoms in total. The van der Waals surface area contributed by atoms with Crippen molar-refractivity contribution in [2.24, 2.45) is 15.9 Å². The van der Waals surface area contributed by atoms with E-state index in [4.69, 9.17) is 4.99 Å². The van der Waals surface area contributed by atoms with Crippen molar-refractivity contribution in [3.8, 4) is 11.1 Å². The number of rotatable bonds is 6. The lowest BCUT2D eigenvalue weighted by atomic mass is 9.92. The van der Waals surface area contributed by atoms with Gasteiger partial charge in [0.05, 0.1) is 23.1 Å². The SMILES string of the molecule is Cc1cncc(-c2ccsc2)c1N=Cc1[nH]nc2ccc(C3=CN=CC(CN4CCCC4)C3)cc12. The first-order valence-corrected chi connectivity index (χ1v) is 13.1. The average molecular weight is 481 g/mol. The van der Waals surface area contributed by atoms with Gasteiger partial charge in [0.25, 0.3) is 0 Å². The summed E-state index contributed by atoms with van der Waals surface area (Å²) in [6.07, 6.45) is 13.4. The summed E-state index contributed by atoms with van der Waals surface area (Å²) in [4.78, 5) is 16.4. The molecule has 5 heterocycles. The Morgan fingerprint density at radius 1 is 1.17 bits per heavy atom. The zero-order valence-electron chi connectivity index (χ0n) is 19.8. The fourth-order valence-electron chi connectivity index (χ4n) is 5.06. The summed E-state index contributed by atoms with van der Waals surface area (Å²) in [6, 6.07) is 8.57. The van der Waals surface area contributed by atoms with Gasteiger partial charge < -0.3 is 4.90 Å². The highest BCUT2D eigenvalue weighted by Gasteiger charge is 2.20. The van der Waals surface area contributed by atoms with Crippen LogP contribution in [0.25, 0.3) is 27.6 Å². The molecular formula is C28H28N6S. The van der Waals surface area contributed by atoms with Crippen LogP contribution in [0.15, 0.2) is 63.6 Å². The number of benzene rings is 1. The summed E-state index contributed by atoms with van der Waals surface area (Å²) in [5, 5.41) is 13.0. The van der Waals surface area contributed by atoms with Gasteiger partial charge in [-0.05, 0) is 90.5 Å². The van der Waals surface area contributed by atoms with E-state index in [2.05, 4.69) is 66.3 Å². The summed E-state index contributed by atoms with van der Waals surface area (Å²) in [5.41, 5.74) is 8.50. The molecule has 1 saturated heterocycles. The highest BCUT2D eigenvalue weighted by atomic mass is 32.1. The molecule has 1 fully saturated rings. The number of aromatic nitrogens is 3. The third-order valence-electron chi connectivity index (χ3n) is 6.91. The number of aromatic amines is 1. The lowest BCUT2D eigenvalue weighted by Gasteiger charge is -2.23. The number of pyridine rings is 1. The predicted molar refractivity (Wildman–Crippen MR) is 146 cm³/mol. The first-order chi connectivity index (χ1) is 17.2. The fraction of sp³-hybridized carbons (Fsp3) is 0.286. The molecule has 0 saturated carbocycles. The molecule has 3 aromatic heterocycles. The number of thiophene rings is 1. The zero-order chi connectivity index (χ0) is 23.6. The van der Waals surface area contributed by atoms with E-state index in [0.717, 1.165) is 51.9 Å². The van der Waals surface area contributed by atoms with Crippen LogP contribution in [0, 0.1) is 12.8 Å². The van der Waals surface area contributed by atoms with Crippen molar-refractivity contribution in [3.63, 3.8) is 0 Å². The number of hydrogen-bond acceptors (Lipinski definition) is 6. The van der Waals surface area contributed by atoms with Gasteiger partial charge in [-0.25, -0.2) is 0 Å². The minimum absolute atomic E-state index is 0.472. The molecule has 6 rings (SSSR count). The van der Waals surface area contributed by atoms with Crippen LogP contribution in [-0.4, -0.2) is 52.1 Å². The Balaban J connectivity index is 1.28. The summed E-state index contributed by atoms with van der Waals surface area (Å²) in [5.74, 6) is 0.472. The molecule has 35 heavy (non-hydrogen) atoms. The van der Waals surface area contributed by atoms with E-state index in [0.29, 0.717) is 5.92 Å². The second kappa shape index (κ2) is 9.68. The molecule has 1 atom stereocenters. The lowest BCUT2D eigenvalue weighted by Crippen LogP contribution is -2.28. The van der Waals surface area contributed by atoms with E-state index in [1.165, 1.54) is 37.1 Å². The van der Waals surface area contributed by atoms with Crippen LogP contribution in [0.4, 0.5) is 5.69 Å². The van der Waals surface area contributed by atoms with E-state index in [-0.39, 0.29) is 0 Å². The van der Waals surface area contributed by atoms with Gasteiger partial charge in [-0.2, -0.15) is 16.4 Å². The number of nitrogens with zero attached hydrogens (tertiary/aromatic N) is 5.